The van der Waals surface area contributed by atoms with Crippen molar-refractivity contribution in [3.63, 3.8) is 0 Å². The van der Waals surface area contributed by atoms with Crippen LogP contribution in [0.2, 0.25) is 0 Å². The zero-order valence-electron chi connectivity index (χ0n) is 14.1. The maximum Gasteiger partial charge on any atom is 0.107 e. The third-order valence-corrected chi connectivity index (χ3v) is 3.11. The highest BCUT2D eigenvalue weighted by Crippen LogP contribution is 2.00. The standard InChI is InChI=1S/C17H31ClO5/c1-2-8-19-10-12-21-14-16-23-17-15-22-13-11-20-9-6-4-3-5-7-18/h1H,3-17H2. The van der Waals surface area contributed by atoms with Crippen LogP contribution in [0.15, 0.2) is 0 Å². The molecule has 0 radical (unpaired) electrons. The van der Waals surface area contributed by atoms with Gasteiger partial charge in [0.05, 0.1) is 52.9 Å². The molecule has 0 bridgehead atoms. The Kier molecular flexibility index (Phi) is 21.3. The molecule has 0 rings (SSSR count). The molecule has 0 amide bonds. The summed E-state index contributed by atoms with van der Waals surface area (Å²) in [5.41, 5.74) is 0. The van der Waals surface area contributed by atoms with Crippen molar-refractivity contribution >= 4 is 11.6 Å². The summed E-state index contributed by atoms with van der Waals surface area (Å²) in [7, 11) is 0. The molecular weight excluding hydrogens is 320 g/mol. The van der Waals surface area contributed by atoms with Crippen molar-refractivity contribution in [2.45, 2.75) is 25.7 Å². The zero-order chi connectivity index (χ0) is 16.8. The molecule has 0 saturated carbocycles. The largest absolute Gasteiger partial charge is 0.379 e. The highest BCUT2D eigenvalue weighted by atomic mass is 35.5. The van der Waals surface area contributed by atoms with Gasteiger partial charge >= 0.3 is 0 Å². The van der Waals surface area contributed by atoms with Crippen molar-refractivity contribution in [1.29, 1.82) is 0 Å². The van der Waals surface area contributed by atoms with E-state index in [1.54, 1.807) is 0 Å². The number of hydrogen-bond donors (Lipinski definition) is 0. The van der Waals surface area contributed by atoms with E-state index in [1.165, 1.54) is 12.8 Å². The summed E-state index contributed by atoms with van der Waals surface area (Å²) >= 11 is 5.61. The fourth-order valence-corrected chi connectivity index (χ4v) is 1.85. The highest BCUT2D eigenvalue weighted by Gasteiger charge is 1.94. The molecule has 0 unspecified atom stereocenters. The molecule has 0 aliphatic heterocycles. The zero-order valence-corrected chi connectivity index (χ0v) is 14.9. The van der Waals surface area contributed by atoms with Gasteiger partial charge in [-0.3, -0.25) is 0 Å². The van der Waals surface area contributed by atoms with E-state index in [4.69, 9.17) is 41.7 Å². The van der Waals surface area contributed by atoms with Gasteiger partial charge in [0.15, 0.2) is 0 Å². The number of unbranched alkanes of at least 4 members (excludes halogenated alkanes) is 3. The predicted octanol–water partition coefficient (Wildman–Crippen LogP) is 2.50. The lowest BCUT2D eigenvalue weighted by atomic mass is 10.2. The van der Waals surface area contributed by atoms with E-state index in [0.717, 1.165) is 25.3 Å². The van der Waals surface area contributed by atoms with Gasteiger partial charge in [0, 0.05) is 12.5 Å². The van der Waals surface area contributed by atoms with Crippen molar-refractivity contribution in [2.24, 2.45) is 0 Å². The third-order valence-electron chi connectivity index (χ3n) is 2.85. The Bertz CT molecular complexity index is 258. The second-order valence-electron chi connectivity index (χ2n) is 4.81. The van der Waals surface area contributed by atoms with Gasteiger partial charge in [0.1, 0.15) is 6.61 Å². The summed E-state index contributed by atoms with van der Waals surface area (Å²) in [4.78, 5) is 0. The lowest BCUT2D eigenvalue weighted by molar-refractivity contribution is -0.00935. The molecule has 0 aliphatic carbocycles. The van der Waals surface area contributed by atoms with Crippen molar-refractivity contribution in [1.82, 2.24) is 0 Å². The van der Waals surface area contributed by atoms with Crippen LogP contribution in [0.3, 0.4) is 0 Å². The molecule has 0 aromatic heterocycles. The molecule has 0 aromatic rings. The van der Waals surface area contributed by atoms with Crippen LogP contribution < -0.4 is 0 Å². The Labute approximate surface area is 145 Å². The molecule has 0 spiro atoms. The number of hydrogen-bond acceptors (Lipinski definition) is 5. The van der Waals surface area contributed by atoms with Gasteiger partial charge in [-0.05, 0) is 12.8 Å². The van der Waals surface area contributed by atoms with Crippen LogP contribution in [0.25, 0.3) is 0 Å². The molecule has 136 valence electrons. The van der Waals surface area contributed by atoms with E-state index in [0.29, 0.717) is 59.5 Å². The van der Waals surface area contributed by atoms with Crippen LogP contribution in [0.4, 0.5) is 0 Å². The summed E-state index contributed by atoms with van der Waals surface area (Å²) in [6.45, 7) is 5.65. The van der Waals surface area contributed by atoms with E-state index < -0.39 is 0 Å². The number of rotatable bonds is 19. The van der Waals surface area contributed by atoms with Gasteiger partial charge < -0.3 is 23.7 Å². The fraction of sp³-hybridized carbons (Fsp3) is 0.882. The molecule has 0 saturated heterocycles. The fourth-order valence-electron chi connectivity index (χ4n) is 1.66. The Morgan fingerprint density at radius 3 is 1.48 bits per heavy atom. The van der Waals surface area contributed by atoms with E-state index in [2.05, 4.69) is 5.92 Å². The van der Waals surface area contributed by atoms with Crippen LogP contribution in [0, 0.1) is 12.3 Å². The molecule has 6 heteroatoms. The Balaban J connectivity index is 2.94. The summed E-state index contributed by atoms with van der Waals surface area (Å²) in [5, 5.41) is 0. The van der Waals surface area contributed by atoms with Crippen molar-refractivity contribution in [3.05, 3.63) is 0 Å². The van der Waals surface area contributed by atoms with E-state index >= 15 is 0 Å². The van der Waals surface area contributed by atoms with Crippen molar-refractivity contribution < 1.29 is 23.7 Å². The average Bonchev–Trinajstić information content (AvgIpc) is 2.57. The molecular formula is C17H31ClO5. The van der Waals surface area contributed by atoms with Gasteiger partial charge in [-0.1, -0.05) is 18.8 Å². The number of terminal acetylenes is 1. The summed E-state index contributed by atoms with van der Waals surface area (Å²) in [6.07, 6.45) is 9.59. The van der Waals surface area contributed by atoms with E-state index in [9.17, 15) is 0 Å². The second-order valence-corrected chi connectivity index (χ2v) is 5.19. The van der Waals surface area contributed by atoms with Crippen molar-refractivity contribution in [3.8, 4) is 12.3 Å². The molecule has 0 fully saturated rings. The maximum absolute atomic E-state index is 5.61. The van der Waals surface area contributed by atoms with Crippen LogP contribution in [-0.2, 0) is 23.7 Å². The van der Waals surface area contributed by atoms with Gasteiger partial charge in [-0.15, -0.1) is 18.0 Å². The van der Waals surface area contributed by atoms with Gasteiger partial charge in [0.25, 0.3) is 0 Å². The van der Waals surface area contributed by atoms with Crippen LogP contribution >= 0.6 is 11.6 Å². The first-order chi connectivity index (χ1) is 11.4. The van der Waals surface area contributed by atoms with Crippen LogP contribution in [-0.4, -0.2) is 71.9 Å². The Morgan fingerprint density at radius 2 is 1.00 bits per heavy atom. The number of alkyl halides is 1. The first-order valence-corrected chi connectivity index (χ1v) is 8.83. The second kappa shape index (κ2) is 21.6. The summed E-state index contributed by atoms with van der Waals surface area (Å²) in [6, 6.07) is 0. The minimum Gasteiger partial charge on any atom is -0.379 e. The minimum atomic E-state index is 0.328. The van der Waals surface area contributed by atoms with Gasteiger partial charge in [-0.2, -0.15) is 0 Å². The first-order valence-electron chi connectivity index (χ1n) is 8.30. The predicted molar refractivity (Wildman–Crippen MR) is 92.1 cm³/mol. The van der Waals surface area contributed by atoms with Gasteiger partial charge in [0.2, 0.25) is 0 Å². The topological polar surface area (TPSA) is 46.2 Å². The summed E-state index contributed by atoms with van der Waals surface area (Å²) < 4.78 is 26.6. The maximum atomic E-state index is 5.61. The quantitative estimate of drug-likeness (QED) is 0.203. The third kappa shape index (κ3) is 21.6. The van der Waals surface area contributed by atoms with E-state index in [-0.39, 0.29) is 0 Å². The monoisotopic (exact) mass is 350 g/mol. The molecule has 0 atom stereocenters. The number of ether oxygens (including phenoxy) is 5. The summed E-state index contributed by atoms with van der Waals surface area (Å²) in [5.74, 6) is 3.15. The molecule has 0 aliphatic rings. The smallest absolute Gasteiger partial charge is 0.107 e. The van der Waals surface area contributed by atoms with Crippen molar-refractivity contribution in [2.75, 3.05) is 71.9 Å². The van der Waals surface area contributed by atoms with Crippen LogP contribution in [0.1, 0.15) is 25.7 Å². The van der Waals surface area contributed by atoms with Crippen LogP contribution in [0.5, 0.6) is 0 Å². The highest BCUT2D eigenvalue weighted by molar-refractivity contribution is 6.17. The lowest BCUT2D eigenvalue weighted by Crippen LogP contribution is -2.13. The molecule has 0 heterocycles. The molecule has 23 heavy (non-hydrogen) atoms. The number of halogens is 1. The molecule has 0 N–H and O–H groups in total. The Hall–Kier alpha value is -0.350. The molecule has 0 aromatic carbocycles. The van der Waals surface area contributed by atoms with E-state index in [1.807, 2.05) is 0 Å². The average molecular weight is 351 g/mol. The van der Waals surface area contributed by atoms with Gasteiger partial charge in [-0.25, -0.2) is 0 Å². The SMILES string of the molecule is C#CCOCCOCCOCCOCCOCCCCCCCl. The lowest BCUT2D eigenvalue weighted by Gasteiger charge is -2.07. The minimum absolute atomic E-state index is 0.328. The Morgan fingerprint density at radius 1 is 0.565 bits per heavy atom. The normalized spacial score (nSPS) is 10.8. The molecule has 5 nitrogen and oxygen atoms in total. The first kappa shape index (κ1) is 22.6.